The van der Waals surface area contributed by atoms with Crippen LogP contribution in [0.2, 0.25) is 0 Å². The molecule has 1 saturated carbocycles. The number of aromatic nitrogens is 2. The van der Waals surface area contributed by atoms with E-state index in [1.54, 1.807) is 0 Å². The first kappa shape index (κ1) is 17.0. The number of benzene rings is 2. The Hall–Kier alpha value is -2.46. The highest BCUT2D eigenvalue weighted by Crippen LogP contribution is 2.29. The molecule has 4 rings (SSSR count). The van der Waals surface area contributed by atoms with Crippen LogP contribution in [-0.4, -0.2) is 29.6 Å². The van der Waals surface area contributed by atoms with E-state index in [1.807, 2.05) is 12.3 Å². The van der Waals surface area contributed by atoms with Crippen LogP contribution < -0.4 is 10.6 Å². The molecule has 0 aliphatic heterocycles. The molecule has 0 radical (unpaired) electrons. The minimum atomic E-state index is 0.504. The van der Waals surface area contributed by atoms with E-state index in [2.05, 4.69) is 59.4 Å². The summed E-state index contributed by atoms with van der Waals surface area (Å²) in [6.45, 7) is 0.810. The van der Waals surface area contributed by atoms with Gasteiger partial charge in [0, 0.05) is 24.8 Å². The lowest BCUT2D eigenvalue weighted by molar-refractivity contribution is 0.325. The molecule has 0 amide bonds. The predicted molar refractivity (Wildman–Crippen MR) is 108 cm³/mol. The Balaban J connectivity index is 1.57. The van der Waals surface area contributed by atoms with Gasteiger partial charge in [-0.1, -0.05) is 36.4 Å². The van der Waals surface area contributed by atoms with Crippen LogP contribution in [0.25, 0.3) is 22.0 Å². The van der Waals surface area contributed by atoms with Gasteiger partial charge < -0.3 is 10.6 Å². The molecule has 2 aromatic carbocycles. The summed E-state index contributed by atoms with van der Waals surface area (Å²) < 4.78 is 0. The SMILES string of the molecule is CN(c1nccc(-c2ccc3ccccc3c2)n1)[C@H]1CC[C@H](CN)CC1. The van der Waals surface area contributed by atoms with Crippen molar-refractivity contribution in [3.63, 3.8) is 0 Å². The van der Waals surface area contributed by atoms with E-state index >= 15 is 0 Å². The Morgan fingerprint density at radius 2 is 1.77 bits per heavy atom. The molecule has 1 fully saturated rings. The van der Waals surface area contributed by atoms with Gasteiger partial charge in [0.1, 0.15) is 0 Å². The van der Waals surface area contributed by atoms with Crippen molar-refractivity contribution >= 4 is 16.7 Å². The summed E-state index contributed by atoms with van der Waals surface area (Å²) in [5.74, 6) is 1.50. The second-order valence-electron chi connectivity index (χ2n) is 7.32. The van der Waals surface area contributed by atoms with E-state index < -0.39 is 0 Å². The van der Waals surface area contributed by atoms with E-state index in [0.29, 0.717) is 12.0 Å². The molecule has 26 heavy (non-hydrogen) atoms. The molecule has 0 spiro atoms. The second-order valence-corrected chi connectivity index (χ2v) is 7.32. The van der Waals surface area contributed by atoms with E-state index in [9.17, 15) is 0 Å². The first-order valence-electron chi connectivity index (χ1n) is 9.49. The first-order chi connectivity index (χ1) is 12.7. The third-order valence-electron chi connectivity index (χ3n) is 5.70. The van der Waals surface area contributed by atoms with Gasteiger partial charge >= 0.3 is 0 Å². The van der Waals surface area contributed by atoms with E-state index in [1.165, 1.54) is 36.5 Å². The molecular weight excluding hydrogens is 320 g/mol. The van der Waals surface area contributed by atoms with Crippen molar-refractivity contribution in [2.45, 2.75) is 31.7 Å². The molecular formula is C22H26N4. The van der Waals surface area contributed by atoms with Crippen LogP contribution in [0.4, 0.5) is 5.95 Å². The number of fused-ring (bicyclic) bond motifs is 1. The van der Waals surface area contributed by atoms with Crippen LogP contribution in [0, 0.1) is 5.92 Å². The lowest BCUT2D eigenvalue weighted by atomic mass is 9.85. The van der Waals surface area contributed by atoms with Gasteiger partial charge in [0.05, 0.1) is 5.69 Å². The molecule has 0 saturated heterocycles. The van der Waals surface area contributed by atoms with Crippen molar-refractivity contribution in [3.05, 3.63) is 54.7 Å². The Kier molecular flexibility index (Phi) is 4.85. The number of rotatable bonds is 4. The monoisotopic (exact) mass is 346 g/mol. The minimum Gasteiger partial charge on any atom is -0.341 e. The van der Waals surface area contributed by atoms with Gasteiger partial charge in [-0.3, -0.25) is 0 Å². The largest absolute Gasteiger partial charge is 0.341 e. The van der Waals surface area contributed by atoms with Crippen molar-refractivity contribution in [3.8, 4) is 11.3 Å². The van der Waals surface area contributed by atoms with Gasteiger partial charge in [0.2, 0.25) is 5.95 Å². The third kappa shape index (κ3) is 3.42. The quantitative estimate of drug-likeness (QED) is 0.767. The number of nitrogens with zero attached hydrogens (tertiary/aromatic N) is 3. The summed E-state index contributed by atoms with van der Waals surface area (Å²) in [5.41, 5.74) is 7.93. The van der Waals surface area contributed by atoms with Crippen LogP contribution in [0.5, 0.6) is 0 Å². The highest BCUT2D eigenvalue weighted by Gasteiger charge is 2.24. The third-order valence-corrected chi connectivity index (χ3v) is 5.70. The van der Waals surface area contributed by atoms with Gasteiger partial charge in [-0.2, -0.15) is 0 Å². The molecule has 2 N–H and O–H groups in total. The Bertz CT molecular complexity index is 884. The fourth-order valence-corrected chi connectivity index (χ4v) is 3.96. The summed E-state index contributed by atoms with van der Waals surface area (Å²) in [6, 6.07) is 17.4. The predicted octanol–water partition coefficient (Wildman–Crippen LogP) is 4.25. The van der Waals surface area contributed by atoms with Crippen LogP contribution >= 0.6 is 0 Å². The molecule has 1 aromatic heterocycles. The lowest BCUT2D eigenvalue weighted by Gasteiger charge is -2.34. The van der Waals surface area contributed by atoms with Gasteiger partial charge in [0.15, 0.2) is 0 Å². The highest BCUT2D eigenvalue weighted by atomic mass is 15.2. The highest BCUT2D eigenvalue weighted by molar-refractivity contribution is 5.86. The molecule has 1 aliphatic carbocycles. The topological polar surface area (TPSA) is 55.0 Å². The van der Waals surface area contributed by atoms with Crippen molar-refractivity contribution in [2.24, 2.45) is 11.7 Å². The van der Waals surface area contributed by atoms with E-state index in [-0.39, 0.29) is 0 Å². The van der Waals surface area contributed by atoms with Crippen molar-refractivity contribution < 1.29 is 0 Å². The van der Waals surface area contributed by atoms with Gasteiger partial charge in [-0.25, -0.2) is 9.97 Å². The average molecular weight is 346 g/mol. The van der Waals surface area contributed by atoms with Crippen molar-refractivity contribution in [1.29, 1.82) is 0 Å². The maximum atomic E-state index is 5.82. The molecule has 3 aromatic rings. The number of hydrogen-bond donors (Lipinski definition) is 1. The zero-order valence-corrected chi connectivity index (χ0v) is 15.3. The van der Waals surface area contributed by atoms with E-state index in [4.69, 9.17) is 10.7 Å². The number of hydrogen-bond acceptors (Lipinski definition) is 4. The Morgan fingerprint density at radius 1 is 1.00 bits per heavy atom. The Morgan fingerprint density at radius 3 is 2.54 bits per heavy atom. The maximum Gasteiger partial charge on any atom is 0.225 e. The smallest absolute Gasteiger partial charge is 0.225 e. The number of anilines is 1. The van der Waals surface area contributed by atoms with Crippen molar-refractivity contribution in [2.75, 3.05) is 18.5 Å². The first-order valence-corrected chi connectivity index (χ1v) is 9.49. The van der Waals surface area contributed by atoms with E-state index in [0.717, 1.165) is 23.8 Å². The summed E-state index contributed by atoms with van der Waals surface area (Å²) >= 11 is 0. The molecule has 0 unspecified atom stereocenters. The van der Waals surface area contributed by atoms with Gasteiger partial charge in [-0.05, 0) is 61.1 Å². The second kappa shape index (κ2) is 7.42. The normalized spacial score (nSPS) is 20.2. The van der Waals surface area contributed by atoms with Crippen LogP contribution in [-0.2, 0) is 0 Å². The molecule has 1 aliphatic rings. The molecule has 0 atom stereocenters. The molecule has 0 bridgehead atoms. The summed E-state index contributed by atoms with van der Waals surface area (Å²) in [5, 5.41) is 2.48. The van der Waals surface area contributed by atoms with Crippen LogP contribution in [0.3, 0.4) is 0 Å². The molecule has 134 valence electrons. The molecule has 4 heteroatoms. The Labute approximate surface area is 155 Å². The van der Waals surface area contributed by atoms with Gasteiger partial charge in [0.25, 0.3) is 0 Å². The van der Waals surface area contributed by atoms with Crippen LogP contribution in [0.15, 0.2) is 54.7 Å². The fourth-order valence-electron chi connectivity index (χ4n) is 3.96. The summed E-state index contributed by atoms with van der Waals surface area (Å²) in [7, 11) is 2.12. The average Bonchev–Trinajstić information content (AvgIpc) is 2.73. The van der Waals surface area contributed by atoms with Crippen LogP contribution in [0.1, 0.15) is 25.7 Å². The van der Waals surface area contributed by atoms with Gasteiger partial charge in [-0.15, -0.1) is 0 Å². The lowest BCUT2D eigenvalue weighted by Crippen LogP contribution is -2.37. The minimum absolute atomic E-state index is 0.504. The maximum absolute atomic E-state index is 5.82. The number of nitrogens with two attached hydrogens (primary N) is 1. The summed E-state index contributed by atoms with van der Waals surface area (Å²) in [4.78, 5) is 11.6. The molecule has 4 nitrogen and oxygen atoms in total. The zero-order chi connectivity index (χ0) is 17.9. The zero-order valence-electron chi connectivity index (χ0n) is 15.3. The summed E-state index contributed by atoms with van der Waals surface area (Å²) in [6.07, 6.45) is 6.62. The van der Waals surface area contributed by atoms with Crippen molar-refractivity contribution in [1.82, 2.24) is 9.97 Å². The standard InChI is InChI=1S/C22H26N4/c1-26(20-10-6-16(15-23)7-11-20)22-24-13-12-21(25-22)19-9-8-17-4-2-3-5-18(17)14-19/h2-5,8-9,12-14,16,20H,6-7,10-11,15,23H2,1H3/t16-,20-. The fraction of sp³-hybridized carbons (Fsp3) is 0.364. The molecule has 1 heterocycles.